The van der Waals surface area contributed by atoms with Gasteiger partial charge in [-0.05, 0) is 123 Å². The molecule has 0 bridgehead atoms. The van der Waals surface area contributed by atoms with Crippen molar-refractivity contribution in [3.63, 3.8) is 0 Å². The largest absolute Gasteiger partial charge is 0.481 e. The number of benzene rings is 1. The van der Waals surface area contributed by atoms with Crippen LogP contribution < -0.4 is 0 Å². The van der Waals surface area contributed by atoms with Gasteiger partial charge in [0, 0.05) is 12.5 Å². The first-order chi connectivity index (χ1) is 22.3. The topological polar surface area (TPSA) is 65.0 Å². The number of carboxylic acid groups (broad SMARTS) is 1. The molecule has 1 N–H and O–H groups in total. The Morgan fingerprint density at radius 1 is 0.776 bits per heavy atom. The molecule has 5 atom stereocenters. The van der Waals surface area contributed by atoms with E-state index in [1.807, 2.05) is 0 Å². The summed E-state index contributed by atoms with van der Waals surface area (Å²) in [5.74, 6) is -0.00323. The van der Waals surface area contributed by atoms with E-state index in [4.69, 9.17) is 18.4 Å². The number of aryl methyl sites for hydroxylation is 1. The van der Waals surface area contributed by atoms with Crippen LogP contribution in [0.3, 0.4) is 0 Å². The highest BCUT2D eigenvalue weighted by atomic mass is 28.4. The van der Waals surface area contributed by atoms with Crippen LogP contribution in [0.5, 0.6) is 0 Å². The van der Waals surface area contributed by atoms with Crippen molar-refractivity contribution in [3.05, 3.63) is 48.0 Å². The molecule has 0 heterocycles. The predicted octanol–water partition coefficient (Wildman–Crippen LogP) is 12.4. The van der Waals surface area contributed by atoms with E-state index in [9.17, 15) is 4.79 Å². The number of hydrogen-bond donors (Lipinski definition) is 1. The van der Waals surface area contributed by atoms with Crippen molar-refractivity contribution in [3.8, 4) is 0 Å². The maximum Gasteiger partial charge on any atom is 0.303 e. The van der Waals surface area contributed by atoms with Gasteiger partial charge < -0.3 is 18.4 Å². The summed E-state index contributed by atoms with van der Waals surface area (Å²) in [5, 5.41) is 9.53. The number of carbonyl (C=O) groups is 1. The highest BCUT2D eigenvalue weighted by Gasteiger charge is 2.51. The molecule has 49 heavy (non-hydrogen) atoms. The van der Waals surface area contributed by atoms with Gasteiger partial charge in [-0.15, -0.1) is 0 Å². The zero-order valence-corrected chi connectivity index (χ0v) is 37.4. The molecule has 0 amide bonds. The van der Waals surface area contributed by atoms with Gasteiger partial charge in [-0.3, -0.25) is 4.79 Å². The number of allylic oxidation sites excluding steroid dienone is 2. The Morgan fingerprint density at radius 2 is 1.29 bits per heavy atom. The summed E-state index contributed by atoms with van der Waals surface area (Å²) in [5.41, 5.74) is 1.38. The lowest BCUT2D eigenvalue weighted by Gasteiger charge is -2.41. The van der Waals surface area contributed by atoms with Crippen molar-refractivity contribution in [1.29, 1.82) is 0 Å². The number of unbranched alkanes of at least 4 members (excludes halogenated alkanes) is 1. The first-order valence-electron chi connectivity index (χ1n) is 19.2. The third kappa shape index (κ3) is 13.5. The van der Waals surface area contributed by atoms with E-state index in [0.717, 1.165) is 44.9 Å². The second-order valence-electron chi connectivity index (χ2n) is 19.5. The normalized spacial score (nSPS) is 22.2. The molecule has 5 nitrogen and oxygen atoms in total. The molecular formula is C41H76O5Si3. The number of aliphatic carboxylic acids is 1. The molecule has 2 rings (SSSR count). The quantitative estimate of drug-likeness (QED) is 0.0925. The van der Waals surface area contributed by atoms with E-state index >= 15 is 0 Å². The Labute approximate surface area is 305 Å². The van der Waals surface area contributed by atoms with Crippen LogP contribution in [0.25, 0.3) is 0 Å². The first kappa shape index (κ1) is 44.1. The molecule has 1 fully saturated rings. The van der Waals surface area contributed by atoms with Gasteiger partial charge in [0.25, 0.3) is 0 Å². The molecule has 1 aliphatic carbocycles. The predicted molar refractivity (Wildman–Crippen MR) is 217 cm³/mol. The van der Waals surface area contributed by atoms with Crippen LogP contribution in [0.4, 0.5) is 0 Å². The van der Waals surface area contributed by atoms with Crippen molar-refractivity contribution in [2.75, 3.05) is 0 Å². The molecule has 1 aromatic carbocycles. The molecule has 1 aliphatic rings. The smallest absolute Gasteiger partial charge is 0.303 e. The third-order valence-corrected chi connectivity index (χ3v) is 26.0. The van der Waals surface area contributed by atoms with Crippen LogP contribution in [0.2, 0.25) is 54.4 Å². The van der Waals surface area contributed by atoms with Crippen LogP contribution in [0.15, 0.2) is 42.5 Å². The lowest BCUT2D eigenvalue weighted by molar-refractivity contribution is -0.137. The van der Waals surface area contributed by atoms with Gasteiger partial charge in [-0.1, -0.05) is 105 Å². The fraction of sp³-hybridized carbons (Fsp3) is 0.780. The summed E-state index contributed by atoms with van der Waals surface area (Å²) in [6.07, 6.45) is 12.7. The van der Waals surface area contributed by atoms with Crippen molar-refractivity contribution >= 4 is 30.9 Å². The highest BCUT2D eigenvalue weighted by Crippen LogP contribution is 2.49. The van der Waals surface area contributed by atoms with Crippen LogP contribution in [-0.2, 0) is 24.5 Å². The van der Waals surface area contributed by atoms with E-state index in [1.165, 1.54) is 5.56 Å². The SMILES string of the molecule is CC(C)(C)[Si](C)(C)O[C@@H](CCc1ccccc1)CC[C@@H]1[C@@H](C/C=C\CCCC(=O)O)[C@@H](O[Si](C)(C)C(C)(C)C)C[C@H]1O[Si](C)(C)C(C)(C)C. The van der Waals surface area contributed by atoms with E-state index in [2.05, 4.69) is 144 Å². The van der Waals surface area contributed by atoms with Crippen LogP contribution in [0.1, 0.15) is 119 Å². The third-order valence-electron chi connectivity index (χ3n) is 12.5. The molecule has 282 valence electrons. The summed E-state index contributed by atoms with van der Waals surface area (Å²) in [6.45, 7) is 35.4. The maximum absolute atomic E-state index is 11.1. The highest BCUT2D eigenvalue weighted by molar-refractivity contribution is 6.75. The molecule has 0 aliphatic heterocycles. The second kappa shape index (κ2) is 17.7. The van der Waals surface area contributed by atoms with E-state index in [1.54, 1.807) is 0 Å². The van der Waals surface area contributed by atoms with E-state index < -0.39 is 30.9 Å². The van der Waals surface area contributed by atoms with Gasteiger partial charge in [0.2, 0.25) is 0 Å². The molecule has 1 saturated carbocycles. The molecule has 1 aromatic rings. The van der Waals surface area contributed by atoms with Gasteiger partial charge in [-0.25, -0.2) is 0 Å². The summed E-state index contributed by atoms with van der Waals surface area (Å²) in [6, 6.07) is 10.9. The Kier molecular flexibility index (Phi) is 15.9. The lowest BCUT2D eigenvalue weighted by atomic mass is 9.85. The zero-order chi connectivity index (χ0) is 37.5. The Hall–Kier alpha value is -1.04. The van der Waals surface area contributed by atoms with E-state index in [-0.39, 0.29) is 39.8 Å². The molecule has 8 heteroatoms. The Bertz CT molecular complexity index is 1170. The zero-order valence-electron chi connectivity index (χ0n) is 34.4. The van der Waals surface area contributed by atoms with Gasteiger partial charge in [0.05, 0.1) is 12.2 Å². The molecular weight excluding hydrogens is 657 g/mol. The van der Waals surface area contributed by atoms with Crippen molar-refractivity contribution in [1.82, 2.24) is 0 Å². The number of carboxylic acids is 1. The minimum absolute atomic E-state index is 0.123. The average Bonchev–Trinajstić information content (AvgIpc) is 3.24. The van der Waals surface area contributed by atoms with Gasteiger partial charge in [0.15, 0.2) is 25.0 Å². The average molecular weight is 733 g/mol. The minimum Gasteiger partial charge on any atom is -0.481 e. The monoisotopic (exact) mass is 733 g/mol. The lowest BCUT2D eigenvalue weighted by Crippen LogP contribution is -2.45. The Morgan fingerprint density at radius 3 is 1.78 bits per heavy atom. The molecule has 0 radical (unpaired) electrons. The van der Waals surface area contributed by atoms with Crippen LogP contribution >= 0.6 is 0 Å². The minimum atomic E-state index is -2.05. The maximum atomic E-state index is 11.1. The standard InChI is InChI=1S/C41H76O5Si3/c1-39(2,3)47(10,11)44-33(28-27-32-23-19-18-20-24-32)29-30-35-34(25-21-16-17-22-26-38(42)43)36(45-48(12,13)40(4,5)6)31-37(35)46-49(14,15)41(7,8)9/h16,18-21,23-24,33-37H,17,22,25-31H2,1-15H3,(H,42,43)/b21-16-/t33-,34+,35+,36-,37+/m0/s1. The van der Waals surface area contributed by atoms with E-state index in [0.29, 0.717) is 18.3 Å². The van der Waals surface area contributed by atoms with Gasteiger partial charge in [-0.2, -0.15) is 0 Å². The summed E-state index contributed by atoms with van der Waals surface area (Å²) >= 11 is 0. The van der Waals surface area contributed by atoms with Crippen molar-refractivity contribution < 1.29 is 23.2 Å². The molecule has 0 saturated heterocycles. The summed E-state index contributed by atoms with van der Waals surface area (Å²) < 4.78 is 21.9. The number of hydrogen-bond acceptors (Lipinski definition) is 4. The number of rotatable bonds is 18. The van der Waals surface area contributed by atoms with Crippen molar-refractivity contribution in [2.45, 2.75) is 193 Å². The molecule has 0 aromatic heterocycles. The van der Waals surface area contributed by atoms with Crippen LogP contribution in [0, 0.1) is 11.8 Å². The van der Waals surface area contributed by atoms with Crippen molar-refractivity contribution in [2.24, 2.45) is 11.8 Å². The Balaban J connectivity index is 2.49. The van der Waals surface area contributed by atoms with Gasteiger partial charge in [0.1, 0.15) is 0 Å². The summed E-state index contributed by atoms with van der Waals surface area (Å²) in [7, 11) is -6.07. The van der Waals surface area contributed by atoms with Crippen LogP contribution in [-0.4, -0.2) is 54.3 Å². The summed E-state index contributed by atoms with van der Waals surface area (Å²) in [4.78, 5) is 11.1. The van der Waals surface area contributed by atoms with Gasteiger partial charge >= 0.3 is 5.97 Å². The first-order valence-corrected chi connectivity index (χ1v) is 27.9. The fourth-order valence-electron chi connectivity index (χ4n) is 6.19. The second-order valence-corrected chi connectivity index (χ2v) is 33.8. The fourth-order valence-corrected chi connectivity index (χ4v) is 10.4. The molecule has 0 unspecified atom stereocenters. The molecule has 0 spiro atoms.